The lowest BCUT2D eigenvalue weighted by Gasteiger charge is -2.30. The number of amides is 1. The minimum Gasteiger partial charge on any atom is -0.298 e. The maximum absolute atomic E-state index is 12.2. The number of thiazole rings is 1. The number of nitrogens with zero attached hydrogens (tertiary/aromatic N) is 2. The van der Waals surface area contributed by atoms with Crippen LogP contribution in [-0.2, 0) is 6.54 Å². The van der Waals surface area contributed by atoms with E-state index in [1.165, 1.54) is 24.2 Å². The first-order chi connectivity index (χ1) is 11.1. The first-order valence-corrected chi connectivity index (χ1v) is 9.09. The molecule has 1 aromatic heterocycles. The van der Waals surface area contributed by atoms with Gasteiger partial charge < -0.3 is 0 Å². The molecule has 0 saturated carbocycles. The van der Waals surface area contributed by atoms with Crippen molar-refractivity contribution in [3.63, 3.8) is 0 Å². The number of aromatic nitrogens is 1. The highest BCUT2D eigenvalue weighted by molar-refractivity contribution is 7.13. The van der Waals surface area contributed by atoms with Crippen molar-refractivity contribution in [2.45, 2.75) is 26.3 Å². The van der Waals surface area contributed by atoms with E-state index in [2.05, 4.69) is 22.1 Å². The number of anilines is 1. The second-order valence-electron chi connectivity index (χ2n) is 6.09. The largest absolute Gasteiger partial charge is 0.298 e. The monoisotopic (exact) mass is 349 g/mol. The Morgan fingerprint density at radius 1 is 1.43 bits per heavy atom. The van der Waals surface area contributed by atoms with Crippen LogP contribution in [0, 0.1) is 5.92 Å². The fraction of sp³-hybridized carbons (Fsp3) is 0.412. The van der Waals surface area contributed by atoms with Crippen LogP contribution in [-0.4, -0.2) is 28.9 Å². The van der Waals surface area contributed by atoms with Crippen LogP contribution in [0.5, 0.6) is 0 Å². The van der Waals surface area contributed by atoms with E-state index in [-0.39, 0.29) is 5.91 Å². The van der Waals surface area contributed by atoms with Crippen molar-refractivity contribution in [1.82, 2.24) is 9.88 Å². The van der Waals surface area contributed by atoms with Crippen LogP contribution in [0.2, 0.25) is 5.02 Å². The van der Waals surface area contributed by atoms with Gasteiger partial charge in [-0.15, -0.1) is 11.3 Å². The summed E-state index contributed by atoms with van der Waals surface area (Å²) >= 11 is 7.31. The van der Waals surface area contributed by atoms with E-state index < -0.39 is 0 Å². The molecule has 122 valence electrons. The standard InChI is InChI=1S/C17H20ClN3OS/c1-12-3-2-8-21(9-12)10-15-11-23-17(19-15)20-16(22)13-4-6-14(18)7-5-13/h4-7,11-12H,2-3,8-10H2,1H3,(H,19,20,22). The van der Waals surface area contributed by atoms with Crippen molar-refractivity contribution >= 4 is 34.0 Å². The van der Waals surface area contributed by atoms with Crippen LogP contribution in [0.1, 0.15) is 35.8 Å². The maximum Gasteiger partial charge on any atom is 0.257 e. The summed E-state index contributed by atoms with van der Waals surface area (Å²) in [5, 5.41) is 6.14. The van der Waals surface area contributed by atoms with E-state index in [1.807, 2.05) is 5.38 Å². The zero-order chi connectivity index (χ0) is 16.2. The number of piperidine rings is 1. The van der Waals surface area contributed by atoms with Gasteiger partial charge in [-0.25, -0.2) is 4.98 Å². The summed E-state index contributed by atoms with van der Waals surface area (Å²) in [6.07, 6.45) is 2.57. The van der Waals surface area contributed by atoms with E-state index >= 15 is 0 Å². The fourth-order valence-electron chi connectivity index (χ4n) is 2.87. The Morgan fingerprint density at radius 2 is 2.22 bits per heavy atom. The molecule has 1 saturated heterocycles. The molecule has 0 spiro atoms. The zero-order valence-corrected chi connectivity index (χ0v) is 14.7. The minimum atomic E-state index is -0.158. The Balaban J connectivity index is 1.58. The number of carbonyl (C=O) groups is 1. The highest BCUT2D eigenvalue weighted by Gasteiger charge is 2.17. The molecule has 1 unspecified atom stereocenters. The predicted molar refractivity (Wildman–Crippen MR) is 95.2 cm³/mol. The van der Waals surface area contributed by atoms with Crippen molar-refractivity contribution in [3.8, 4) is 0 Å². The first-order valence-electron chi connectivity index (χ1n) is 7.84. The molecule has 1 N–H and O–H groups in total. The van der Waals surface area contributed by atoms with Crippen molar-refractivity contribution in [3.05, 3.63) is 45.9 Å². The van der Waals surface area contributed by atoms with E-state index in [4.69, 9.17) is 11.6 Å². The molecule has 2 aromatic rings. The lowest BCUT2D eigenvalue weighted by Crippen LogP contribution is -2.33. The number of halogens is 1. The SMILES string of the molecule is CC1CCCN(Cc2csc(NC(=O)c3ccc(Cl)cc3)n2)C1. The molecular formula is C17H20ClN3OS. The van der Waals surface area contributed by atoms with Gasteiger partial charge in [-0.3, -0.25) is 15.0 Å². The fourth-order valence-corrected chi connectivity index (χ4v) is 3.69. The van der Waals surface area contributed by atoms with Crippen LogP contribution >= 0.6 is 22.9 Å². The molecule has 2 heterocycles. The van der Waals surface area contributed by atoms with Gasteiger partial charge in [0.1, 0.15) is 0 Å². The van der Waals surface area contributed by atoms with Crippen LogP contribution < -0.4 is 5.32 Å². The summed E-state index contributed by atoms with van der Waals surface area (Å²) in [5.41, 5.74) is 1.60. The summed E-state index contributed by atoms with van der Waals surface area (Å²) in [6.45, 7) is 5.42. The first kappa shape index (κ1) is 16.4. The third kappa shape index (κ3) is 4.53. The van der Waals surface area contributed by atoms with E-state index in [9.17, 15) is 4.79 Å². The molecule has 1 atom stereocenters. The van der Waals surface area contributed by atoms with E-state index in [1.54, 1.807) is 24.3 Å². The van der Waals surface area contributed by atoms with Gasteiger partial charge in [0.2, 0.25) is 0 Å². The van der Waals surface area contributed by atoms with Gasteiger partial charge in [-0.05, 0) is 49.6 Å². The van der Waals surface area contributed by atoms with Crippen LogP contribution in [0.15, 0.2) is 29.6 Å². The van der Waals surface area contributed by atoms with Crippen LogP contribution in [0.4, 0.5) is 5.13 Å². The van der Waals surface area contributed by atoms with Crippen LogP contribution in [0.25, 0.3) is 0 Å². The number of carbonyl (C=O) groups excluding carboxylic acids is 1. The smallest absolute Gasteiger partial charge is 0.257 e. The third-order valence-electron chi connectivity index (χ3n) is 4.01. The normalized spacial score (nSPS) is 18.8. The average Bonchev–Trinajstić information content (AvgIpc) is 2.95. The number of benzene rings is 1. The molecule has 3 rings (SSSR count). The van der Waals surface area contributed by atoms with Gasteiger partial charge >= 0.3 is 0 Å². The molecular weight excluding hydrogens is 330 g/mol. The van der Waals surface area contributed by atoms with Gasteiger partial charge in [0.15, 0.2) is 5.13 Å². The second-order valence-corrected chi connectivity index (χ2v) is 7.38. The predicted octanol–water partition coefficient (Wildman–Crippen LogP) is 4.28. The number of hydrogen-bond donors (Lipinski definition) is 1. The molecule has 6 heteroatoms. The van der Waals surface area contributed by atoms with Crippen molar-refractivity contribution in [1.29, 1.82) is 0 Å². The number of hydrogen-bond acceptors (Lipinski definition) is 4. The topological polar surface area (TPSA) is 45.2 Å². The molecule has 1 aromatic carbocycles. The number of nitrogens with one attached hydrogen (secondary N) is 1. The van der Waals surface area contributed by atoms with Gasteiger partial charge in [0, 0.05) is 29.1 Å². The maximum atomic E-state index is 12.2. The van der Waals surface area contributed by atoms with Gasteiger partial charge in [-0.1, -0.05) is 18.5 Å². The molecule has 4 nitrogen and oxygen atoms in total. The Hall–Kier alpha value is -1.43. The van der Waals surface area contributed by atoms with Gasteiger partial charge in [0.05, 0.1) is 5.69 Å². The van der Waals surface area contributed by atoms with Crippen LogP contribution in [0.3, 0.4) is 0 Å². The number of rotatable bonds is 4. The van der Waals surface area contributed by atoms with E-state index in [0.717, 1.165) is 31.2 Å². The lowest BCUT2D eigenvalue weighted by molar-refractivity contribution is 0.102. The Labute approximate surface area is 145 Å². The van der Waals surface area contributed by atoms with E-state index in [0.29, 0.717) is 15.7 Å². The molecule has 1 aliphatic heterocycles. The summed E-state index contributed by atoms with van der Waals surface area (Å²) in [4.78, 5) is 19.1. The summed E-state index contributed by atoms with van der Waals surface area (Å²) in [5.74, 6) is 0.598. The lowest BCUT2D eigenvalue weighted by atomic mass is 10.0. The average molecular weight is 350 g/mol. The third-order valence-corrected chi connectivity index (χ3v) is 5.06. The molecule has 23 heavy (non-hydrogen) atoms. The highest BCUT2D eigenvalue weighted by atomic mass is 35.5. The summed E-state index contributed by atoms with van der Waals surface area (Å²) < 4.78 is 0. The Morgan fingerprint density at radius 3 is 2.96 bits per heavy atom. The molecule has 0 bridgehead atoms. The number of likely N-dealkylation sites (tertiary alicyclic amines) is 1. The molecule has 0 radical (unpaired) electrons. The minimum absolute atomic E-state index is 0.158. The molecule has 1 aliphatic rings. The Bertz CT molecular complexity index is 671. The molecule has 0 aliphatic carbocycles. The quantitative estimate of drug-likeness (QED) is 0.896. The Kier molecular flexibility index (Phi) is 5.30. The second kappa shape index (κ2) is 7.43. The van der Waals surface area contributed by atoms with Gasteiger partial charge in [0.25, 0.3) is 5.91 Å². The molecule has 1 fully saturated rings. The highest BCUT2D eigenvalue weighted by Crippen LogP contribution is 2.21. The zero-order valence-electron chi connectivity index (χ0n) is 13.1. The van der Waals surface area contributed by atoms with Crippen molar-refractivity contribution in [2.75, 3.05) is 18.4 Å². The molecule has 1 amide bonds. The van der Waals surface area contributed by atoms with Crippen molar-refractivity contribution in [2.24, 2.45) is 5.92 Å². The summed E-state index contributed by atoms with van der Waals surface area (Å²) in [7, 11) is 0. The van der Waals surface area contributed by atoms with Gasteiger partial charge in [-0.2, -0.15) is 0 Å². The summed E-state index contributed by atoms with van der Waals surface area (Å²) in [6, 6.07) is 6.84. The van der Waals surface area contributed by atoms with Crippen molar-refractivity contribution < 1.29 is 4.79 Å².